The van der Waals surface area contributed by atoms with Crippen molar-refractivity contribution >= 4 is 33.7 Å². The third kappa shape index (κ3) is 5.46. The number of benzene rings is 2. The van der Waals surface area contributed by atoms with E-state index in [9.17, 15) is 4.79 Å². The number of hydrogen-bond acceptors (Lipinski definition) is 6. The van der Waals surface area contributed by atoms with Gasteiger partial charge in [-0.1, -0.05) is 53.4 Å². The third-order valence-electron chi connectivity index (χ3n) is 3.47. The summed E-state index contributed by atoms with van der Waals surface area (Å²) in [4.78, 5) is 11.8. The van der Waals surface area contributed by atoms with Crippen LogP contribution < -0.4 is 0 Å². The molecule has 3 aromatic rings. The number of esters is 1. The Labute approximate surface area is 169 Å². The first kappa shape index (κ1) is 19.2. The molecule has 0 spiro atoms. The van der Waals surface area contributed by atoms with E-state index in [1.165, 1.54) is 11.8 Å². The Morgan fingerprint density at radius 1 is 1.15 bits per heavy atom. The SMILES string of the molecule is Cc1ccc(C(=O)OCC#CCSc2nnc(-c3ccccc3Br)o2)cc1. The number of aromatic nitrogens is 2. The van der Waals surface area contributed by atoms with Gasteiger partial charge in [-0.15, -0.1) is 10.2 Å². The molecule has 0 radical (unpaired) electrons. The van der Waals surface area contributed by atoms with Crippen LogP contribution in [0.4, 0.5) is 0 Å². The molecule has 7 heteroatoms. The van der Waals surface area contributed by atoms with Gasteiger partial charge in [-0.25, -0.2) is 4.79 Å². The summed E-state index contributed by atoms with van der Waals surface area (Å²) in [5.41, 5.74) is 2.44. The molecule has 0 atom stereocenters. The molecule has 0 saturated heterocycles. The van der Waals surface area contributed by atoms with Gasteiger partial charge in [0.1, 0.15) is 0 Å². The maximum Gasteiger partial charge on any atom is 0.339 e. The number of carbonyl (C=O) groups excluding carboxylic acids is 1. The third-order valence-corrected chi connectivity index (χ3v) is 4.86. The highest BCUT2D eigenvalue weighted by atomic mass is 79.9. The van der Waals surface area contributed by atoms with Gasteiger partial charge in [-0.05, 0) is 47.1 Å². The Morgan fingerprint density at radius 2 is 1.93 bits per heavy atom. The summed E-state index contributed by atoms with van der Waals surface area (Å²) in [6, 6.07) is 14.8. The summed E-state index contributed by atoms with van der Waals surface area (Å²) in [6.07, 6.45) is 0. The molecule has 136 valence electrons. The number of thioether (sulfide) groups is 1. The van der Waals surface area contributed by atoms with Crippen LogP contribution in [-0.4, -0.2) is 28.5 Å². The van der Waals surface area contributed by atoms with Crippen LogP contribution >= 0.6 is 27.7 Å². The molecule has 2 aromatic carbocycles. The highest BCUT2D eigenvalue weighted by Crippen LogP contribution is 2.28. The molecular weight excluding hydrogens is 428 g/mol. The van der Waals surface area contributed by atoms with Gasteiger partial charge in [0, 0.05) is 4.47 Å². The van der Waals surface area contributed by atoms with Crippen LogP contribution in [0.3, 0.4) is 0 Å². The van der Waals surface area contributed by atoms with Gasteiger partial charge in [0.15, 0.2) is 6.61 Å². The highest BCUT2D eigenvalue weighted by molar-refractivity contribution is 9.10. The average molecular weight is 443 g/mol. The number of halogens is 1. The summed E-state index contributed by atoms with van der Waals surface area (Å²) >= 11 is 4.79. The van der Waals surface area contributed by atoms with Crippen molar-refractivity contribution in [3.8, 4) is 23.3 Å². The molecule has 1 heterocycles. The largest absolute Gasteiger partial charge is 0.449 e. The van der Waals surface area contributed by atoms with Crippen molar-refractivity contribution in [2.45, 2.75) is 12.1 Å². The number of aryl methyl sites for hydroxylation is 1. The Balaban J connectivity index is 1.45. The van der Waals surface area contributed by atoms with Crippen molar-refractivity contribution in [3.05, 3.63) is 64.1 Å². The lowest BCUT2D eigenvalue weighted by Gasteiger charge is -2.00. The second-order valence-electron chi connectivity index (χ2n) is 5.44. The van der Waals surface area contributed by atoms with Crippen molar-refractivity contribution < 1.29 is 13.9 Å². The Morgan fingerprint density at radius 3 is 2.70 bits per heavy atom. The molecule has 3 rings (SSSR count). The molecular formula is C20H15BrN2O3S. The maximum absolute atomic E-state index is 11.8. The predicted molar refractivity (Wildman–Crippen MR) is 107 cm³/mol. The van der Waals surface area contributed by atoms with E-state index in [0.717, 1.165) is 15.6 Å². The minimum Gasteiger partial charge on any atom is -0.449 e. The number of rotatable bonds is 5. The average Bonchev–Trinajstić information content (AvgIpc) is 3.14. The van der Waals surface area contributed by atoms with Crippen LogP contribution in [0, 0.1) is 18.8 Å². The standard InChI is InChI=1S/C20H15BrN2O3S/c1-14-8-10-15(11-9-14)19(24)25-12-4-5-13-27-20-23-22-18(26-20)16-6-2-3-7-17(16)21/h2-3,6-11H,12-13H2,1H3. The van der Waals surface area contributed by atoms with Crippen LogP contribution in [0.2, 0.25) is 0 Å². The molecule has 0 aliphatic carbocycles. The van der Waals surface area contributed by atoms with Crippen LogP contribution in [-0.2, 0) is 4.74 Å². The van der Waals surface area contributed by atoms with E-state index in [1.54, 1.807) is 12.1 Å². The van der Waals surface area contributed by atoms with Gasteiger partial charge in [-0.3, -0.25) is 0 Å². The van der Waals surface area contributed by atoms with Gasteiger partial charge < -0.3 is 9.15 Å². The van der Waals surface area contributed by atoms with Crippen LogP contribution in [0.5, 0.6) is 0 Å². The van der Waals surface area contributed by atoms with Gasteiger partial charge in [0.25, 0.3) is 5.22 Å². The minimum atomic E-state index is -0.382. The molecule has 0 aliphatic rings. The Kier molecular flexibility index (Phi) is 6.69. The van der Waals surface area contributed by atoms with Crippen molar-refractivity contribution in [1.29, 1.82) is 0 Å². The first-order chi connectivity index (χ1) is 13.1. The van der Waals surface area contributed by atoms with E-state index in [4.69, 9.17) is 9.15 Å². The molecule has 27 heavy (non-hydrogen) atoms. The quantitative estimate of drug-likeness (QED) is 0.322. The summed E-state index contributed by atoms with van der Waals surface area (Å²) in [5, 5.41) is 8.48. The summed E-state index contributed by atoms with van der Waals surface area (Å²) in [6.45, 7) is 2.00. The van der Waals surface area contributed by atoms with Gasteiger partial charge in [0.05, 0.1) is 16.9 Å². The van der Waals surface area contributed by atoms with E-state index in [-0.39, 0.29) is 12.6 Å². The predicted octanol–water partition coefficient (Wildman–Crippen LogP) is 4.76. The first-order valence-electron chi connectivity index (χ1n) is 8.04. The zero-order valence-corrected chi connectivity index (χ0v) is 16.8. The van der Waals surface area contributed by atoms with Crippen LogP contribution in [0.15, 0.2) is 62.6 Å². The minimum absolute atomic E-state index is 0.0410. The lowest BCUT2D eigenvalue weighted by molar-refractivity contribution is 0.0556. The van der Waals surface area contributed by atoms with Gasteiger partial charge in [-0.2, -0.15) is 0 Å². The van der Waals surface area contributed by atoms with Gasteiger partial charge in [0.2, 0.25) is 5.89 Å². The smallest absolute Gasteiger partial charge is 0.339 e. The van der Waals surface area contributed by atoms with Crippen molar-refractivity contribution in [2.75, 3.05) is 12.4 Å². The van der Waals surface area contributed by atoms with E-state index >= 15 is 0 Å². The van der Waals surface area contributed by atoms with Crippen molar-refractivity contribution in [2.24, 2.45) is 0 Å². The van der Waals surface area contributed by atoms with E-state index in [1.807, 2.05) is 43.3 Å². The van der Waals surface area contributed by atoms with E-state index in [2.05, 4.69) is 38.0 Å². The topological polar surface area (TPSA) is 65.2 Å². The fourth-order valence-corrected chi connectivity index (χ4v) is 3.07. The Hall–Kier alpha value is -2.56. The highest BCUT2D eigenvalue weighted by Gasteiger charge is 2.11. The zero-order valence-electron chi connectivity index (χ0n) is 14.4. The molecule has 5 nitrogen and oxygen atoms in total. The summed E-state index contributed by atoms with van der Waals surface area (Å²) < 4.78 is 11.6. The fraction of sp³-hybridized carbons (Fsp3) is 0.150. The van der Waals surface area contributed by atoms with Crippen molar-refractivity contribution in [1.82, 2.24) is 10.2 Å². The molecule has 0 amide bonds. The van der Waals surface area contributed by atoms with Gasteiger partial charge >= 0.3 is 5.97 Å². The number of nitrogens with zero attached hydrogens (tertiary/aromatic N) is 2. The van der Waals surface area contributed by atoms with Crippen LogP contribution in [0.1, 0.15) is 15.9 Å². The summed E-state index contributed by atoms with van der Waals surface area (Å²) in [7, 11) is 0. The number of ether oxygens (including phenoxy) is 1. The number of carbonyl (C=O) groups is 1. The normalized spacial score (nSPS) is 10.1. The Bertz CT molecular complexity index is 990. The molecule has 0 fully saturated rings. The number of hydrogen-bond donors (Lipinski definition) is 0. The molecule has 0 unspecified atom stereocenters. The zero-order chi connectivity index (χ0) is 19.1. The lowest BCUT2D eigenvalue weighted by atomic mass is 10.1. The summed E-state index contributed by atoms with van der Waals surface area (Å²) in [5.74, 6) is 6.24. The second-order valence-corrected chi connectivity index (χ2v) is 7.22. The van der Waals surface area contributed by atoms with E-state index < -0.39 is 0 Å². The van der Waals surface area contributed by atoms with Crippen molar-refractivity contribution in [3.63, 3.8) is 0 Å². The van der Waals surface area contributed by atoms with Crippen LogP contribution in [0.25, 0.3) is 11.5 Å². The second kappa shape index (κ2) is 9.40. The molecule has 1 aromatic heterocycles. The maximum atomic E-state index is 11.8. The van der Waals surface area contributed by atoms with E-state index in [0.29, 0.717) is 22.4 Å². The lowest BCUT2D eigenvalue weighted by Crippen LogP contribution is -2.05. The molecule has 0 N–H and O–H groups in total. The first-order valence-corrected chi connectivity index (χ1v) is 9.82. The molecule has 0 bridgehead atoms. The molecule has 0 saturated carbocycles. The molecule has 0 aliphatic heterocycles. The fourth-order valence-electron chi connectivity index (χ4n) is 2.09. The monoisotopic (exact) mass is 442 g/mol.